The zero-order chi connectivity index (χ0) is 30.2. The number of aromatic nitrogens is 2. The topological polar surface area (TPSA) is 126 Å². The number of hydrogen-bond acceptors (Lipinski definition) is 10. The first-order valence-corrected chi connectivity index (χ1v) is 14.7. The van der Waals surface area contributed by atoms with Crippen LogP contribution in [0.4, 0.5) is 5.95 Å². The van der Waals surface area contributed by atoms with E-state index in [0.29, 0.717) is 13.0 Å². The van der Waals surface area contributed by atoms with Gasteiger partial charge in [0.05, 0.1) is 18.8 Å². The molecular weight excluding hydrogens is 550 g/mol. The van der Waals surface area contributed by atoms with Crippen molar-refractivity contribution in [3.05, 3.63) is 89.2 Å². The Morgan fingerprint density at radius 2 is 1.63 bits per heavy atom. The van der Waals surface area contributed by atoms with Crippen molar-refractivity contribution in [2.45, 2.75) is 58.0 Å². The van der Waals surface area contributed by atoms with Gasteiger partial charge in [0.2, 0.25) is 5.95 Å². The van der Waals surface area contributed by atoms with Crippen LogP contribution in [0, 0.1) is 0 Å². The first-order chi connectivity index (χ1) is 20.9. The summed E-state index contributed by atoms with van der Waals surface area (Å²) in [5.41, 5.74) is 3.68. The third kappa shape index (κ3) is 8.35. The van der Waals surface area contributed by atoms with Gasteiger partial charge in [-0.25, -0.2) is 9.97 Å². The summed E-state index contributed by atoms with van der Waals surface area (Å²) >= 11 is 0. The van der Waals surface area contributed by atoms with E-state index in [1.165, 1.54) is 6.92 Å². The van der Waals surface area contributed by atoms with Crippen molar-refractivity contribution < 1.29 is 28.9 Å². The smallest absolute Gasteiger partial charge is 0.303 e. The molecule has 3 heterocycles. The second kappa shape index (κ2) is 14.5. The summed E-state index contributed by atoms with van der Waals surface area (Å²) in [5, 5.41) is 12.3. The van der Waals surface area contributed by atoms with Crippen LogP contribution in [-0.4, -0.2) is 76.8 Å². The minimum atomic E-state index is -0.851. The summed E-state index contributed by atoms with van der Waals surface area (Å²) in [6.45, 7) is 7.36. The fourth-order valence-corrected chi connectivity index (χ4v) is 5.33. The van der Waals surface area contributed by atoms with E-state index in [0.717, 1.165) is 60.9 Å². The number of ether oxygens (including phenoxy) is 3. The number of amides is 1. The van der Waals surface area contributed by atoms with E-state index in [1.54, 1.807) is 19.3 Å². The molecule has 11 nitrogen and oxygen atoms in total. The normalized spacial score (nSPS) is 21.7. The van der Waals surface area contributed by atoms with Crippen LogP contribution in [0.1, 0.15) is 54.9 Å². The van der Waals surface area contributed by atoms with Gasteiger partial charge in [-0.1, -0.05) is 48.5 Å². The molecule has 4 unspecified atom stereocenters. The Labute approximate surface area is 251 Å². The van der Waals surface area contributed by atoms with E-state index in [4.69, 9.17) is 14.2 Å². The number of piperazine rings is 1. The summed E-state index contributed by atoms with van der Waals surface area (Å²) in [6.07, 6.45) is 2.62. The van der Waals surface area contributed by atoms with E-state index in [2.05, 4.69) is 25.1 Å². The third-order valence-corrected chi connectivity index (χ3v) is 7.71. The van der Waals surface area contributed by atoms with E-state index in [9.17, 15) is 14.7 Å². The van der Waals surface area contributed by atoms with Crippen LogP contribution >= 0.6 is 0 Å². The average Bonchev–Trinajstić information content (AvgIpc) is 3.04. The van der Waals surface area contributed by atoms with Gasteiger partial charge in [-0.3, -0.25) is 14.5 Å². The molecular formula is C32H39N5O6. The number of nitrogens with one attached hydrogen (secondary N) is 1. The largest absolute Gasteiger partial charge is 0.453 e. The number of hydrogen-bond donors (Lipinski definition) is 2. The quantitative estimate of drug-likeness (QED) is 0.341. The molecule has 2 aromatic carbocycles. The van der Waals surface area contributed by atoms with E-state index >= 15 is 0 Å². The first kappa shape index (κ1) is 30.6. The van der Waals surface area contributed by atoms with Gasteiger partial charge < -0.3 is 29.5 Å². The van der Waals surface area contributed by atoms with Crippen molar-refractivity contribution in [1.29, 1.82) is 0 Å². The lowest BCUT2D eigenvalue weighted by atomic mass is 9.99. The van der Waals surface area contributed by atoms with Crippen LogP contribution in [0.2, 0.25) is 0 Å². The number of aliphatic hydroxyl groups excluding tert-OH is 1. The second-order valence-corrected chi connectivity index (χ2v) is 10.9. The molecule has 2 aliphatic rings. The molecule has 2 N–H and O–H groups in total. The number of carbonyl (C=O) groups excluding carboxylic acids is 2. The molecule has 5 rings (SSSR count). The molecule has 2 aliphatic heterocycles. The van der Waals surface area contributed by atoms with Crippen LogP contribution < -0.4 is 10.2 Å². The maximum atomic E-state index is 12.2. The molecule has 4 atom stereocenters. The first-order valence-electron chi connectivity index (χ1n) is 14.7. The third-order valence-electron chi connectivity index (χ3n) is 7.71. The van der Waals surface area contributed by atoms with Crippen molar-refractivity contribution in [2.75, 3.05) is 37.6 Å². The van der Waals surface area contributed by atoms with Gasteiger partial charge in [0.1, 0.15) is 0 Å². The number of nitrogens with zero attached hydrogens (tertiary/aromatic N) is 4. The molecule has 0 aliphatic carbocycles. The van der Waals surface area contributed by atoms with Gasteiger partial charge in [0.15, 0.2) is 12.4 Å². The lowest BCUT2D eigenvalue weighted by Gasteiger charge is -2.40. The van der Waals surface area contributed by atoms with Crippen molar-refractivity contribution in [1.82, 2.24) is 20.2 Å². The fourth-order valence-electron chi connectivity index (χ4n) is 5.33. The predicted molar refractivity (Wildman–Crippen MR) is 159 cm³/mol. The number of anilines is 1. The minimum absolute atomic E-state index is 0.00433. The Morgan fingerprint density at radius 1 is 0.977 bits per heavy atom. The molecule has 1 aromatic heterocycles. The molecule has 228 valence electrons. The molecule has 0 spiro atoms. The monoisotopic (exact) mass is 589 g/mol. The van der Waals surface area contributed by atoms with Crippen molar-refractivity contribution in [3.8, 4) is 0 Å². The summed E-state index contributed by atoms with van der Waals surface area (Å²) in [7, 11) is 0. The van der Waals surface area contributed by atoms with Gasteiger partial charge in [-0.15, -0.1) is 0 Å². The highest BCUT2D eigenvalue weighted by atomic mass is 16.7. The van der Waals surface area contributed by atoms with E-state index < -0.39 is 18.4 Å². The van der Waals surface area contributed by atoms with Crippen molar-refractivity contribution in [2.24, 2.45) is 0 Å². The van der Waals surface area contributed by atoms with Crippen LogP contribution in [-0.2, 0) is 37.0 Å². The van der Waals surface area contributed by atoms with Gasteiger partial charge in [0.25, 0.3) is 5.91 Å². The Balaban J connectivity index is 1.23. The average molecular weight is 590 g/mol. The molecule has 0 bridgehead atoms. The summed E-state index contributed by atoms with van der Waals surface area (Å²) in [4.78, 5) is 36.7. The zero-order valence-corrected chi connectivity index (χ0v) is 24.6. The highest BCUT2D eigenvalue weighted by Gasteiger charge is 2.34. The Morgan fingerprint density at radius 3 is 2.28 bits per heavy atom. The molecule has 2 fully saturated rings. The molecule has 0 saturated carbocycles. The Bertz CT molecular complexity index is 1330. The maximum absolute atomic E-state index is 12.2. The number of rotatable bonds is 10. The minimum Gasteiger partial charge on any atom is -0.453 e. The Kier molecular flexibility index (Phi) is 10.3. The lowest BCUT2D eigenvalue weighted by Crippen LogP contribution is -2.50. The van der Waals surface area contributed by atoms with Gasteiger partial charge >= 0.3 is 5.97 Å². The lowest BCUT2D eigenvalue weighted by molar-refractivity contribution is -0.253. The standard InChI is InChI=1S/C32H39N5O6/c1-22(41-23(2)39)30(40)35-19-24-4-10-27(11-5-24)31-42-28(18-29(43-31)26-8-6-25(21-38)7-9-26)20-36-14-16-37(17-15-36)32-33-12-3-13-34-32/h3-13,22,28-29,31,38H,14-21H2,1-2H3,(H,35,40). The van der Waals surface area contributed by atoms with E-state index in [1.807, 2.05) is 54.6 Å². The van der Waals surface area contributed by atoms with Crippen LogP contribution in [0.25, 0.3) is 0 Å². The number of aliphatic hydroxyl groups is 1. The highest BCUT2D eigenvalue weighted by Crippen LogP contribution is 2.38. The molecule has 2 saturated heterocycles. The summed E-state index contributed by atoms with van der Waals surface area (Å²) in [6, 6.07) is 17.5. The summed E-state index contributed by atoms with van der Waals surface area (Å²) in [5.74, 6) is -0.0874. The summed E-state index contributed by atoms with van der Waals surface area (Å²) < 4.78 is 18.0. The van der Waals surface area contributed by atoms with Gasteiger partial charge in [0, 0.05) is 70.6 Å². The Hall–Kier alpha value is -3.90. The zero-order valence-electron chi connectivity index (χ0n) is 24.6. The van der Waals surface area contributed by atoms with Crippen LogP contribution in [0.5, 0.6) is 0 Å². The number of benzene rings is 2. The molecule has 1 amide bonds. The fraction of sp³-hybridized carbons (Fsp3) is 0.438. The number of esters is 1. The maximum Gasteiger partial charge on any atom is 0.303 e. The second-order valence-electron chi connectivity index (χ2n) is 10.9. The van der Waals surface area contributed by atoms with Gasteiger partial charge in [-0.2, -0.15) is 0 Å². The van der Waals surface area contributed by atoms with E-state index in [-0.39, 0.29) is 24.7 Å². The molecule has 11 heteroatoms. The van der Waals surface area contributed by atoms with Gasteiger partial charge in [-0.05, 0) is 29.7 Å². The SMILES string of the molecule is CC(=O)OC(C)C(=O)NCc1ccc(C2OC(CN3CCN(c4ncccn4)CC3)CC(c3ccc(CO)cc3)O2)cc1. The highest BCUT2D eigenvalue weighted by molar-refractivity contribution is 5.82. The predicted octanol–water partition coefficient (Wildman–Crippen LogP) is 2.90. The van der Waals surface area contributed by atoms with Crippen molar-refractivity contribution in [3.63, 3.8) is 0 Å². The molecule has 3 aromatic rings. The van der Waals surface area contributed by atoms with Crippen LogP contribution in [0.3, 0.4) is 0 Å². The van der Waals surface area contributed by atoms with Crippen molar-refractivity contribution >= 4 is 17.8 Å². The van der Waals surface area contributed by atoms with Crippen LogP contribution in [0.15, 0.2) is 67.0 Å². The number of carbonyl (C=O) groups is 2. The molecule has 0 radical (unpaired) electrons. The molecule has 43 heavy (non-hydrogen) atoms.